The van der Waals surface area contributed by atoms with E-state index in [1.54, 1.807) is 4.90 Å². The van der Waals surface area contributed by atoms with Gasteiger partial charge in [0, 0.05) is 6.42 Å². The van der Waals surface area contributed by atoms with E-state index in [2.05, 4.69) is 15.3 Å². The van der Waals surface area contributed by atoms with Gasteiger partial charge in [0.05, 0.1) is 30.9 Å². The second-order valence-corrected chi connectivity index (χ2v) is 9.21. The zero-order chi connectivity index (χ0) is 21.3. The Bertz CT molecular complexity index is 762. The molecule has 0 saturated carbocycles. The van der Waals surface area contributed by atoms with Crippen LogP contribution in [-0.2, 0) is 9.47 Å². The van der Waals surface area contributed by atoms with Crippen molar-refractivity contribution in [3.63, 3.8) is 0 Å². The number of piperidine rings is 1. The standard InChI is InChI=1S/C21H32N4O5/c1-13-18(28-15-5-7-22-8-6-15)23-12-24-19(13)29-17-9-14-10-27-11-16(17)25(14)20(26)30-21(2,3)4/h12,14-17,22H,5-11H2,1-4H3. The SMILES string of the molecule is Cc1c(OC2CCNCC2)ncnc1OC1CC2COCC1N2C(=O)OC(C)(C)C. The van der Waals surface area contributed by atoms with E-state index in [0.29, 0.717) is 31.4 Å². The number of amides is 1. The van der Waals surface area contributed by atoms with Gasteiger partial charge < -0.3 is 24.3 Å². The van der Waals surface area contributed by atoms with Crippen LogP contribution in [0.4, 0.5) is 4.79 Å². The van der Waals surface area contributed by atoms with Crippen LogP contribution in [0.15, 0.2) is 6.33 Å². The van der Waals surface area contributed by atoms with Crippen LogP contribution in [0.5, 0.6) is 11.8 Å². The summed E-state index contributed by atoms with van der Waals surface area (Å²) >= 11 is 0. The molecule has 3 fully saturated rings. The maximum Gasteiger partial charge on any atom is 0.411 e. The minimum atomic E-state index is -0.546. The van der Waals surface area contributed by atoms with Gasteiger partial charge in [0.1, 0.15) is 24.1 Å². The highest BCUT2D eigenvalue weighted by atomic mass is 16.6. The van der Waals surface area contributed by atoms with E-state index in [1.807, 2.05) is 27.7 Å². The third kappa shape index (κ3) is 4.62. The van der Waals surface area contributed by atoms with Gasteiger partial charge in [0.2, 0.25) is 11.8 Å². The van der Waals surface area contributed by atoms with Crippen LogP contribution >= 0.6 is 0 Å². The van der Waals surface area contributed by atoms with Crippen LogP contribution in [0, 0.1) is 6.92 Å². The number of rotatable bonds is 4. The second-order valence-electron chi connectivity index (χ2n) is 9.21. The van der Waals surface area contributed by atoms with E-state index in [9.17, 15) is 4.79 Å². The molecular formula is C21H32N4O5. The van der Waals surface area contributed by atoms with Crippen LogP contribution in [0.3, 0.4) is 0 Å². The van der Waals surface area contributed by atoms with Crippen molar-refractivity contribution < 1.29 is 23.7 Å². The Morgan fingerprint density at radius 2 is 1.87 bits per heavy atom. The number of carbonyl (C=O) groups is 1. The molecular weight excluding hydrogens is 388 g/mol. The molecule has 3 saturated heterocycles. The topological polar surface area (TPSA) is 95.0 Å². The quantitative estimate of drug-likeness (QED) is 0.791. The van der Waals surface area contributed by atoms with Crippen LogP contribution in [0.25, 0.3) is 0 Å². The summed E-state index contributed by atoms with van der Waals surface area (Å²) < 4.78 is 23.7. The maximum absolute atomic E-state index is 12.8. The highest BCUT2D eigenvalue weighted by Crippen LogP contribution is 2.35. The minimum absolute atomic E-state index is 0.0591. The van der Waals surface area contributed by atoms with Crippen molar-refractivity contribution in [1.82, 2.24) is 20.2 Å². The number of nitrogens with zero attached hydrogens (tertiary/aromatic N) is 3. The van der Waals surface area contributed by atoms with Crippen molar-refractivity contribution >= 4 is 6.09 Å². The highest BCUT2D eigenvalue weighted by molar-refractivity contribution is 5.70. The molecule has 1 N–H and O–H groups in total. The van der Waals surface area contributed by atoms with Gasteiger partial charge in [-0.2, -0.15) is 0 Å². The number of carbonyl (C=O) groups excluding carboxylic acids is 1. The molecule has 0 aliphatic carbocycles. The number of hydrogen-bond acceptors (Lipinski definition) is 8. The summed E-state index contributed by atoms with van der Waals surface area (Å²) in [6, 6.07) is -0.266. The van der Waals surface area contributed by atoms with Crippen LogP contribution < -0.4 is 14.8 Å². The molecule has 9 heteroatoms. The molecule has 30 heavy (non-hydrogen) atoms. The molecule has 166 valence electrons. The van der Waals surface area contributed by atoms with Crippen molar-refractivity contribution in [2.75, 3.05) is 26.3 Å². The average Bonchev–Trinajstić information content (AvgIpc) is 2.90. The molecule has 1 aromatic heterocycles. The zero-order valence-electron chi connectivity index (χ0n) is 18.2. The van der Waals surface area contributed by atoms with E-state index in [-0.39, 0.29) is 30.4 Å². The van der Waals surface area contributed by atoms with Crippen molar-refractivity contribution in [3.8, 4) is 11.8 Å². The third-order valence-corrected chi connectivity index (χ3v) is 5.71. The van der Waals surface area contributed by atoms with E-state index < -0.39 is 5.60 Å². The van der Waals surface area contributed by atoms with Gasteiger partial charge in [-0.05, 0) is 53.6 Å². The number of ether oxygens (including phenoxy) is 4. The number of aromatic nitrogens is 2. The average molecular weight is 421 g/mol. The molecule has 1 aromatic rings. The molecule has 0 spiro atoms. The molecule has 1 amide bonds. The molecule has 4 rings (SSSR count). The Kier molecular flexibility index (Phi) is 6.02. The van der Waals surface area contributed by atoms with Gasteiger partial charge in [-0.25, -0.2) is 14.8 Å². The Hall–Kier alpha value is -2.13. The Morgan fingerprint density at radius 1 is 1.17 bits per heavy atom. The number of fused-ring (bicyclic) bond motifs is 2. The van der Waals surface area contributed by atoms with Gasteiger partial charge in [-0.15, -0.1) is 0 Å². The van der Waals surface area contributed by atoms with Crippen molar-refractivity contribution in [3.05, 3.63) is 11.9 Å². The monoisotopic (exact) mass is 420 g/mol. The third-order valence-electron chi connectivity index (χ3n) is 5.71. The van der Waals surface area contributed by atoms with Gasteiger partial charge in [0.25, 0.3) is 0 Å². The fraction of sp³-hybridized carbons (Fsp3) is 0.762. The van der Waals surface area contributed by atoms with Crippen LogP contribution in [0.1, 0.15) is 45.6 Å². The lowest BCUT2D eigenvalue weighted by molar-refractivity contribution is -0.0455. The van der Waals surface area contributed by atoms with E-state index in [4.69, 9.17) is 18.9 Å². The van der Waals surface area contributed by atoms with Gasteiger partial charge >= 0.3 is 6.09 Å². The smallest absolute Gasteiger partial charge is 0.411 e. The summed E-state index contributed by atoms with van der Waals surface area (Å²) in [5, 5.41) is 3.33. The van der Waals surface area contributed by atoms with Crippen molar-refractivity contribution in [2.24, 2.45) is 0 Å². The predicted octanol–water partition coefficient (Wildman–Crippen LogP) is 2.07. The van der Waals surface area contributed by atoms with Gasteiger partial charge in [0.15, 0.2) is 0 Å². The number of nitrogens with one attached hydrogen (secondary N) is 1. The summed E-state index contributed by atoms with van der Waals surface area (Å²) in [6.07, 6.45) is 3.67. The van der Waals surface area contributed by atoms with Gasteiger partial charge in [-0.1, -0.05) is 0 Å². The Balaban J connectivity index is 1.46. The molecule has 3 aliphatic rings. The lowest BCUT2D eigenvalue weighted by Gasteiger charge is -2.36. The molecule has 3 atom stereocenters. The lowest BCUT2D eigenvalue weighted by Crippen LogP contribution is -2.53. The fourth-order valence-corrected chi connectivity index (χ4v) is 4.25. The van der Waals surface area contributed by atoms with E-state index in [0.717, 1.165) is 31.5 Å². The molecule has 2 bridgehead atoms. The van der Waals surface area contributed by atoms with Crippen molar-refractivity contribution in [2.45, 2.75) is 76.9 Å². The number of morpholine rings is 1. The molecule has 3 unspecified atom stereocenters. The first kappa shape index (κ1) is 21.1. The van der Waals surface area contributed by atoms with Crippen LogP contribution in [0.2, 0.25) is 0 Å². The van der Waals surface area contributed by atoms with E-state index >= 15 is 0 Å². The fourth-order valence-electron chi connectivity index (χ4n) is 4.25. The zero-order valence-corrected chi connectivity index (χ0v) is 18.2. The molecule has 0 aromatic carbocycles. The molecule has 0 radical (unpaired) electrons. The Morgan fingerprint density at radius 3 is 2.57 bits per heavy atom. The molecule has 9 nitrogen and oxygen atoms in total. The lowest BCUT2D eigenvalue weighted by atomic mass is 10.1. The van der Waals surface area contributed by atoms with E-state index in [1.165, 1.54) is 6.33 Å². The summed E-state index contributed by atoms with van der Waals surface area (Å²) in [6.45, 7) is 10.3. The summed E-state index contributed by atoms with van der Waals surface area (Å²) in [5.41, 5.74) is 0.234. The van der Waals surface area contributed by atoms with Crippen molar-refractivity contribution in [1.29, 1.82) is 0 Å². The number of hydrogen-bond donors (Lipinski definition) is 1. The first-order valence-corrected chi connectivity index (χ1v) is 10.8. The summed E-state index contributed by atoms with van der Waals surface area (Å²) in [5.74, 6) is 1.06. The first-order chi connectivity index (χ1) is 14.3. The normalized spacial score (nSPS) is 27.1. The molecule has 4 heterocycles. The molecule has 3 aliphatic heterocycles. The maximum atomic E-state index is 12.8. The predicted molar refractivity (Wildman–Crippen MR) is 109 cm³/mol. The van der Waals surface area contributed by atoms with Gasteiger partial charge in [-0.3, -0.25) is 4.90 Å². The summed E-state index contributed by atoms with van der Waals surface area (Å²) in [7, 11) is 0. The second kappa shape index (κ2) is 8.55. The Labute approximate surface area is 177 Å². The summed E-state index contributed by atoms with van der Waals surface area (Å²) in [4.78, 5) is 23.2. The highest BCUT2D eigenvalue weighted by Gasteiger charge is 2.49. The minimum Gasteiger partial charge on any atom is -0.474 e. The largest absolute Gasteiger partial charge is 0.474 e. The van der Waals surface area contributed by atoms with Crippen LogP contribution in [-0.4, -0.2) is 77.2 Å². The first-order valence-electron chi connectivity index (χ1n) is 10.8.